The number of hydrogen-bond donors (Lipinski definition) is 3. The lowest BCUT2D eigenvalue weighted by Crippen LogP contribution is -2.41. The van der Waals surface area contributed by atoms with E-state index in [0.29, 0.717) is 18.5 Å². The number of aliphatic carboxylic acids is 1. The van der Waals surface area contributed by atoms with Crippen LogP contribution >= 0.6 is 0 Å². The SMILES string of the molecule is NC(=O)Cc1ccc(NC(=O)C2CCC2C(=O)O)cc1. The molecule has 1 aromatic carbocycles. The van der Waals surface area contributed by atoms with Crippen LogP contribution in [0.5, 0.6) is 0 Å². The molecule has 0 bridgehead atoms. The van der Waals surface area contributed by atoms with E-state index in [1.165, 1.54) is 0 Å². The zero-order valence-corrected chi connectivity index (χ0v) is 10.8. The number of carbonyl (C=O) groups excluding carboxylic acids is 2. The monoisotopic (exact) mass is 276 g/mol. The van der Waals surface area contributed by atoms with Gasteiger partial charge in [-0.25, -0.2) is 0 Å². The second-order valence-electron chi connectivity index (χ2n) is 4.96. The fourth-order valence-corrected chi connectivity index (χ4v) is 2.25. The van der Waals surface area contributed by atoms with E-state index in [0.717, 1.165) is 5.56 Å². The molecule has 2 amide bonds. The van der Waals surface area contributed by atoms with Gasteiger partial charge in [0.15, 0.2) is 0 Å². The molecule has 2 rings (SSSR count). The van der Waals surface area contributed by atoms with Crippen molar-refractivity contribution in [3.8, 4) is 0 Å². The molecular formula is C14H16N2O4. The minimum atomic E-state index is -0.923. The Bertz CT molecular complexity index is 539. The predicted molar refractivity (Wildman–Crippen MR) is 71.8 cm³/mol. The van der Waals surface area contributed by atoms with E-state index in [2.05, 4.69) is 5.32 Å². The van der Waals surface area contributed by atoms with Crippen LogP contribution in [-0.2, 0) is 20.8 Å². The molecule has 1 fully saturated rings. The van der Waals surface area contributed by atoms with Crippen molar-refractivity contribution >= 4 is 23.5 Å². The standard InChI is InChI=1S/C14H16N2O4/c15-12(17)7-8-1-3-9(4-2-8)16-13(18)10-5-6-11(10)14(19)20/h1-4,10-11H,5-7H2,(H2,15,17)(H,16,18)(H,19,20). The number of nitrogens with one attached hydrogen (secondary N) is 1. The summed E-state index contributed by atoms with van der Waals surface area (Å²) >= 11 is 0. The second-order valence-corrected chi connectivity index (χ2v) is 4.96. The number of rotatable bonds is 5. The quantitative estimate of drug-likeness (QED) is 0.737. The summed E-state index contributed by atoms with van der Waals surface area (Å²) in [5.41, 5.74) is 6.44. The zero-order valence-electron chi connectivity index (χ0n) is 10.8. The zero-order chi connectivity index (χ0) is 14.7. The minimum absolute atomic E-state index is 0.151. The van der Waals surface area contributed by atoms with E-state index in [1.807, 2.05) is 0 Å². The molecule has 0 saturated heterocycles. The Kier molecular flexibility index (Phi) is 4.02. The lowest BCUT2D eigenvalue weighted by Gasteiger charge is -2.31. The Labute approximate surface area is 116 Å². The number of primary amides is 1. The summed E-state index contributed by atoms with van der Waals surface area (Å²) in [5, 5.41) is 11.6. The number of carbonyl (C=O) groups is 3. The first-order chi connectivity index (χ1) is 9.47. The third-order valence-electron chi connectivity index (χ3n) is 3.53. The Balaban J connectivity index is 1.94. The van der Waals surface area contributed by atoms with Gasteiger partial charge in [0, 0.05) is 5.69 Å². The molecule has 2 unspecified atom stereocenters. The molecule has 2 atom stereocenters. The van der Waals surface area contributed by atoms with Crippen LogP contribution in [0, 0.1) is 11.8 Å². The number of amides is 2. The lowest BCUT2D eigenvalue weighted by molar-refractivity contribution is -0.151. The topological polar surface area (TPSA) is 109 Å². The van der Waals surface area contributed by atoms with Crippen LogP contribution in [0.3, 0.4) is 0 Å². The van der Waals surface area contributed by atoms with Gasteiger partial charge >= 0.3 is 5.97 Å². The first kappa shape index (κ1) is 14.0. The first-order valence-corrected chi connectivity index (χ1v) is 6.38. The molecule has 6 heteroatoms. The van der Waals surface area contributed by atoms with Crippen LogP contribution in [0.15, 0.2) is 24.3 Å². The molecule has 20 heavy (non-hydrogen) atoms. The van der Waals surface area contributed by atoms with Crippen LogP contribution in [0.25, 0.3) is 0 Å². The second kappa shape index (κ2) is 5.73. The Morgan fingerprint density at radius 2 is 1.75 bits per heavy atom. The maximum atomic E-state index is 11.9. The molecule has 1 aliphatic carbocycles. The molecule has 1 aliphatic rings. The van der Waals surface area contributed by atoms with Gasteiger partial charge in [0.05, 0.1) is 18.3 Å². The van der Waals surface area contributed by atoms with E-state index in [-0.39, 0.29) is 12.3 Å². The summed E-state index contributed by atoms with van der Waals surface area (Å²) in [6.07, 6.45) is 1.30. The maximum Gasteiger partial charge on any atom is 0.307 e. The number of anilines is 1. The third kappa shape index (κ3) is 3.14. The Morgan fingerprint density at radius 3 is 2.20 bits per heavy atom. The van der Waals surface area contributed by atoms with Gasteiger partial charge in [-0.3, -0.25) is 14.4 Å². The highest BCUT2D eigenvalue weighted by Gasteiger charge is 2.41. The average Bonchev–Trinajstić information content (AvgIpc) is 2.28. The van der Waals surface area contributed by atoms with Crippen molar-refractivity contribution in [1.29, 1.82) is 0 Å². The van der Waals surface area contributed by atoms with Crippen molar-refractivity contribution in [2.45, 2.75) is 19.3 Å². The first-order valence-electron chi connectivity index (χ1n) is 6.38. The van der Waals surface area contributed by atoms with Crippen molar-refractivity contribution in [3.05, 3.63) is 29.8 Å². The van der Waals surface area contributed by atoms with Crippen LogP contribution in [0.2, 0.25) is 0 Å². The van der Waals surface area contributed by atoms with Gasteiger partial charge in [-0.2, -0.15) is 0 Å². The highest BCUT2D eigenvalue weighted by atomic mass is 16.4. The van der Waals surface area contributed by atoms with E-state index in [1.54, 1.807) is 24.3 Å². The molecule has 4 N–H and O–H groups in total. The largest absolute Gasteiger partial charge is 0.481 e. The lowest BCUT2D eigenvalue weighted by atomic mass is 9.73. The summed E-state index contributed by atoms with van der Waals surface area (Å²) in [4.78, 5) is 33.6. The van der Waals surface area contributed by atoms with E-state index < -0.39 is 23.7 Å². The average molecular weight is 276 g/mol. The van der Waals surface area contributed by atoms with Gasteiger partial charge in [0.1, 0.15) is 0 Å². The van der Waals surface area contributed by atoms with Crippen molar-refractivity contribution in [2.24, 2.45) is 17.6 Å². The number of nitrogens with two attached hydrogens (primary N) is 1. The fourth-order valence-electron chi connectivity index (χ4n) is 2.25. The summed E-state index contributed by atoms with van der Waals surface area (Å²) in [6.45, 7) is 0. The molecule has 1 saturated carbocycles. The number of benzene rings is 1. The van der Waals surface area contributed by atoms with Crippen molar-refractivity contribution in [3.63, 3.8) is 0 Å². The molecular weight excluding hydrogens is 260 g/mol. The highest BCUT2D eigenvalue weighted by Crippen LogP contribution is 2.35. The van der Waals surface area contributed by atoms with Gasteiger partial charge < -0.3 is 16.2 Å². The van der Waals surface area contributed by atoms with Gasteiger partial charge in [-0.05, 0) is 30.5 Å². The molecule has 0 aliphatic heterocycles. The fraction of sp³-hybridized carbons (Fsp3) is 0.357. The summed E-state index contributed by atoms with van der Waals surface area (Å²) < 4.78 is 0. The van der Waals surface area contributed by atoms with E-state index in [4.69, 9.17) is 10.8 Å². The molecule has 0 aromatic heterocycles. The number of carboxylic acids is 1. The normalized spacial score (nSPS) is 20.8. The van der Waals surface area contributed by atoms with Crippen molar-refractivity contribution < 1.29 is 19.5 Å². The Hall–Kier alpha value is -2.37. The molecule has 0 heterocycles. The summed E-state index contributed by atoms with van der Waals surface area (Å²) in [5.74, 6) is -2.65. The molecule has 106 valence electrons. The number of hydrogen-bond acceptors (Lipinski definition) is 3. The maximum absolute atomic E-state index is 11.9. The van der Waals surface area contributed by atoms with E-state index in [9.17, 15) is 14.4 Å². The molecule has 1 aromatic rings. The van der Waals surface area contributed by atoms with Crippen molar-refractivity contribution in [1.82, 2.24) is 0 Å². The summed E-state index contributed by atoms with van der Waals surface area (Å²) in [6, 6.07) is 6.75. The van der Waals surface area contributed by atoms with E-state index >= 15 is 0 Å². The molecule has 6 nitrogen and oxygen atoms in total. The number of carboxylic acid groups (broad SMARTS) is 1. The minimum Gasteiger partial charge on any atom is -0.481 e. The van der Waals surface area contributed by atoms with Gasteiger partial charge in [-0.1, -0.05) is 12.1 Å². The summed E-state index contributed by atoms with van der Waals surface area (Å²) in [7, 11) is 0. The molecule has 0 spiro atoms. The van der Waals surface area contributed by atoms with Crippen LogP contribution in [-0.4, -0.2) is 22.9 Å². The van der Waals surface area contributed by atoms with Crippen LogP contribution in [0.4, 0.5) is 5.69 Å². The molecule has 0 radical (unpaired) electrons. The van der Waals surface area contributed by atoms with Gasteiger partial charge in [-0.15, -0.1) is 0 Å². The predicted octanol–water partition coefficient (Wildman–Crippen LogP) is 0.764. The Morgan fingerprint density at radius 1 is 1.15 bits per heavy atom. The smallest absolute Gasteiger partial charge is 0.307 e. The van der Waals surface area contributed by atoms with Gasteiger partial charge in [0.2, 0.25) is 11.8 Å². The van der Waals surface area contributed by atoms with Crippen LogP contribution in [0.1, 0.15) is 18.4 Å². The third-order valence-corrected chi connectivity index (χ3v) is 3.53. The van der Waals surface area contributed by atoms with Crippen LogP contribution < -0.4 is 11.1 Å². The van der Waals surface area contributed by atoms with Gasteiger partial charge in [0.25, 0.3) is 0 Å². The van der Waals surface area contributed by atoms with Crippen molar-refractivity contribution in [2.75, 3.05) is 5.32 Å². The highest BCUT2D eigenvalue weighted by molar-refractivity contribution is 5.96.